The summed E-state index contributed by atoms with van der Waals surface area (Å²) >= 11 is 0. The number of nitrogens with zero attached hydrogens (tertiary/aromatic N) is 3. The lowest BCUT2D eigenvalue weighted by Crippen LogP contribution is -2.49. The number of rotatable bonds is 9. The van der Waals surface area contributed by atoms with E-state index in [1.165, 1.54) is 0 Å². The van der Waals surface area contributed by atoms with Gasteiger partial charge < -0.3 is 10.2 Å². The first-order valence-corrected chi connectivity index (χ1v) is 9.34. The number of carbonyl (C=O) groups excluding carboxylic acids is 2. The SMILES string of the molecule is CCN(CC)C(=O)[C@H](Cc1ccccc1)NC(=O)c1cc([N+](=O)[O-])cc([N+](=O)[O-])c1. The third kappa shape index (κ3) is 5.60. The molecule has 0 saturated carbocycles. The van der Waals surface area contributed by atoms with Gasteiger partial charge in [0.1, 0.15) is 6.04 Å². The number of amides is 2. The van der Waals surface area contributed by atoms with Crippen molar-refractivity contribution in [2.24, 2.45) is 0 Å². The van der Waals surface area contributed by atoms with E-state index in [4.69, 9.17) is 0 Å². The molecule has 2 amide bonds. The number of hydrogen-bond donors (Lipinski definition) is 1. The van der Waals surface area contributed by atoms with Crippen molar-refractivity contribution < 1.29 is 19.4 Å². The highest BCUT2D eigenvalue weighted by Crippen LogP contribution is 2.23. The number of nitro benzene ring substituents is 2. The minimum Gasteiger partial charge on any atom is -0.341 e. The Kier molecular flexibility index (Phi) is 7.56. The van der Waals surface area contributed by atoms with Gasteiger partial charge in [-0.05, 0) is 19.4 Å². The molecule has 0 bridgehead atoms. The van der Waals surface area contributed by atoms with E-state index >= 15 is 0 Å². The molecule has 2 aromatic rings. The molecule has 0 spiro atoms. The van der Waals surface area contributed by atoms with Gasteiger partial charge in [0, 0.05) is 31.6 Å². The van der Waals surface area contributed by atoms with Crippen LogP contribution in [-0.4, -0.2) is 45.7 Å². The molecule has 30 heavy (non-hydrogen) atoms. The van der Waals surface area contributed by atoms with Gasteiger partial charge in [0.05, 0.1) is 21.5 Å². The molecule has 1 N–H and O–H groups in total. The second kappa shape index (κ2) is 10.1. The van der Waals surface area contributed by atoms with Crippen LogP contribution in [0.4, 0.5) is 11.4 Å². The number of non-ortho nitro benzene ring substituents is 2. The molecule has 2 aromatic carbocycles. The number of nitro groups is 2. The summed E-state index contributed by atoms with van der Waals surface area (Å²) < 4.78 is 0. The van der Waals surface area contributed by atoms with Crippen LogP contribution in [0.3, 0.4) is 0 Å². The van der Waals surface area contributed by atoms with E-state index in [0.29, 0.717) is 13.1 Å². The first-order chi connectivity index (χ1) is 14.3. The minimum atomic E-state index is -0.932. The largest absolute Gasteiger partial charge is 0.341 e. The number of carbonyl (C=O) groups is 2. The van der Waals surface area contributed by atoms with Crippen LogP contribution in [0.15, 0.2) is 48.5 Å². The van der Waals surface area contributed by atoms with E-state index in [2.05, 4.69) is 5.32 Å². The van der Waals surface area contributed by atoms with Gasteiger partial charge in [-0.25, -0.2) is 0 Å². The Morgan fingerprint density at radius 2 is 1.50 bits per heavy atom. The van der Waals surface area contributed by atoms with Gasteiger partial charge >= 0.3 is 0 Å². The zero-order chi connectivity index (χ0) is 22.3. The third-order valence-electron chi connectivity index (χ3n) is 4.55. The maximum Gasteiger partial charge on any atom is 0.277 e. The molecule has 10 nitrogen and oxygen atoms in total. The van der Waals surface area contributed by atoms with Crippen LogP contribution >= 0.6 is 0 Å². The fourth-order valence-electron chi connectivity index (χ4n) is 2.98. The molecular formula is C20H22N4O6. The summed E-state index contributed by atoms with van der Waals surface area (Å²) in [7, 11) is 0. The molecule has 0 radical (unpaired) electrons. The summed E-state index contributed by atoms with van der Waals surface area (Å²) in [6.45, 7) is 4.51. The van der Waals surface area contributed by atoms with E-state index < -0.39 is 33.2 Å². The van der Waals surface area contributed by atoms with Crippen molar-refractivity contribution in [3.63, 3.8) is 0 Å². The van der Waals surface area contributed by atoms with Gasteiger partial charge in [-0.15, -0.1) is 0 Å². The van der Waals surface area contributed by atoms with Crippen LogP contribution in [0.5, 0.6) is 0 Å². The van der Waals surface area contributed by atoms with Crippen LogP contribution in [0.2, 0.25) is 0 Å². The Bertz CT molecular complexity index is 911. The summed E-state index contributed by atoms with van der Waals surface area (Å²) in [6, 6.07) is 10.8. The molecule has 0 aliphatic heterocycles. The predicted molar refractivity (Wildman–Crippen MR) is 109 cm³/mol. The molecule has 0 heterocycles. The van der Waals surface area contributed by atoms with Crippen molar-refractivity contribution in [1.29, 1.82) is 0 Å². The summed E-state index contributed by atoms with van der Waals surface area (Å²) in [4.78, 5) is 47.8. The summed E-state index contributed by atoms with van der Waals surface area (Å²) in [5.41, 5.74) is -0.609. The zero-order valence-electron chi connectivity index (χ0n) is 16.6. The van der Waals surface area contributed by atoms with Crippen molar-refractivity contribution in [3.05, 3.63) is 79.9 Å². The van der Waals surface area contributed by atoms with Crippen molar-refractivity contribution in [2.45, 2.75) is 26.3 Å². The van der Waals surface area contributed by atoms with Crippen molar-refractivity contribution in [2.75, 3.05) is 13.1 Å². The number of likely N-dealkylation sites (N-methyl/N-ethyl adjacent to an activating group) is 1. The first-order valence-electron chi connectivity index (χ1n) is 9.34. The van der Waals surface area contributed by atoms with Crippen molar-refractivity contribution in [3.8, 4) is 0 Å². The Morgan fingerprint density at radius 1 is 0.967 bits per heavy atom. The Labute approximate surface area is 172 Å². The van der Waals surface area contributed by atoms with Crippen LogP contribution in [0.1, 0.15) is 29.8 Å². The molecule has 0 unspecified atom stereocenters. The maximum atomic E-state index is 12.9. The highest BCUT2D eigenvalue weighted by molar-refractivity contribution is 5.98. The van der Waals surface area contributed by atoms with E-state index in [9.17, 15) is 29.8 Å². The molecule has 0 aromatic heterocycles. The molecule has 0 aliphatic rings. The van der Waals surface area contributed by atoms with Crippen LogP contribution in [-0.2, 0) is 11.2 Å². The fourth-order valence-corrected chi connectivity index (χ4v) is 2.98. The monoisotopic (exact) mass is 414 g/mol. The Balaban J connectivity index is 2.36. The summed E-state index contributed by atoms with van der Waals surface area (Å²) in [5.74, 6) is -1.11. The third-order valence-corrected chi connectivity index (χ3v) is 4.55. The van der Waals surface area contributed by atoms with Crippen molar-refractivity contribution >= 4 is 23.2 Å². The molecule has 10 heteroatoms. The van der Waals surface area contributed by atoms with E-state index in [1.54, 1.807) is 17.0 Å². The van der Waals surface area contributed by atoms with Gasteiger partial charge in [0.15, 0.2) is 0 Å². The molecule has 158 valence electrons. The smallest absolute Gasteiger partial charge is 0.277 e. The predicted octanol–water partition coefficient (Wildman–Crippen LogP) is 2.71. The lowest BCUT2D eigenvalue weighted by molar-refractivity contribution is -0.394. The fraction of sp³-hybridized carbons (Fsp3) is 0.300. The number of benzene rings is 2. The molecule has 0 fully saturated rings. The minimum absolute atomic E-state index is 0.207. The highest BCUT2D eigenvalue weighted by Gasteiger charge is 2.27. The van der Waals surface area contributed by atoms with E-state index in [0.717, 1.165) is 23.8 Å². The van der Waals surface area contributed by atoms with Gasteiger partial charge in [0.2, 0.25) is 5.91 Å². The van der Waals surface area contributed by atoms with Gasteiger partial charge in [-0.3, -0.25) is 29.8 Å². The van der Waals surface area contributed by atoms with Crippen molar-refractivity contribution in [1.82, 2.24) is 10.2 Å². The zero-order valence-corrected chi connectivity index (χ0v) is 16.6. The Morgan fingerprint density at radius 3 is 1.97 bits per heavy atom. The quantitative estimate of drug-likeness (QED) is 0.495. The summed E-state index contributed by atoms with van der Waals surface area (Å²) in [5, 5.41) is 24.7. The lowest BCUT2D eigenvalue weighted by Gasteiger charge is -2.26. The molecular weight excluding hydrogens is 392 g/mol. The van der Waals surface area contributed by atoms with Gasteiger partial charge in [-0.2, -0.15) is 0 Å². The van der Waals surface area contributed by atoms with Gasteiger partial charge in [-0.1, -0.05) is 30.3 Å². The molecule has 1 atom stereocenters. The molecule has 0 aliphatic carbocycles. The summed E-state index contributed by atoms with van der Waals surface area (Å²) in [6.07, 6.45) is 0.207. The van der Waals surface area contributed by atoms with Crippen LogP contribution in [0, 0.1) is 20.2 Å². The van der Waals surface area contributed by atoms with Crippen LogP contribution in [0.25, 0.3) is 0 Å². The second-order valence-electron chi connectivity index (χ2n) is 6.48. The Hall–Kier alpha value is -3.82. The number of hydrogen-bond acceptors (Lipinski definition) is 6. The maximum absolute atomic E-state index is 12.9. The highest BCUT2D eigenvalue weighted by atomic mass is 16.6. The normalized spacial score (nSPS) is 11.4. The molecule has 2 rings (SSSR count). The number of nitrogens with one attached hydrogen (secondary N) is 1. The average Bonchev–Trinajstić information content (AvgIpc) is 2.74. The standard InChI is InChI=1S/C20H22N4O6/c1-3-22(4-2)20(26)18(10-14-8-6-5-7-9-14)21-19(25)15-11-16(23(27)28)13-17(12-15)24(29)30/h5-9,11-13,18H,3-4,10H2,1-2H3,(H,21,25)/t18-/m0/s1. The molecule has 0 saturated heterocycles. The second-order valence-corrected chi connectivity index (χ2v) is 6.48. The lowest BCUT2D eigenvalue weighted by atomic mass is 10.0. The topological polar surface area (TPSA) is 136 Å². The van der Waals surface area contributed by atoms with E-state index in [-0.39, 0.29) is 17.9 Å². The van der Waals surface area contributed by atoms with E-state index in [1.807, 2.05) is 32.0 Å². The van der Waals surface area contributed by atoms with Gasteiger partial charge in [0.25, 0.3) is 17.3 Å². The average molecular weight is 414 g/mol. The van der Waals surface area contributed by atoms with Crippen LogP contribution < -0.4 is 5.32 Å². The first kappa shape index (κ1) is 22.5.